The predicted octanol–water partition coefficient (Wildman–Crippen LogP) is 3.61. The van der Waals surface area contributed by atoms with Crippen molar-refractivity contribution in [3.63, 3.8) is 0 Å². The molecule has 1 heterocycles. The molecule has 2 aromatic rings. The maximum Gasteiger partial charge on any atom is 0.340 e. The third kappa shape index (κ3) is 3.14. The number of hydrogen-bond donors (Lipinski definition) is 0. The molecule has 0 N–H and O–H groups in total. The normalized spacial score (nSPS) is 16.7. The van der Waals surface area contributed by atoms with Crippen LogP contribution in [0.2, 0.25) is 0 Å². The fraction of sp³-hybridized carbons (Fsp3) is 0.211. The van der Waals surface area contributed by atoms with E-state index in [-0.39, 0.29) is 21.6 Å². The van der Waals surface area contributed by atoms with Gasteiger partial charge in [0.2, 0.25) is 0 Å². The summed E-state index contributed by atoms with van der Waals surface area (Å²) >= 11 is 0. The van der Waals surface area contributed by atoms with Crippen LogP contribution >= 0.6 is 0 Å². The Balaban J connectivity index is 2.27. The van der Waals surface area contributed by atoms with Gasteiger partial charge in [0.25, 0.3) is 0 Å². The lowest BCUT2D eigenvalue weighted by Gasteiger charge is -2.22. The summed E-state index contributed by atoms with van der Waals surface area (Å²) in [6.45, 7) is 3.22. The van der Waals surface area contributed by atoms with Gasteiger partial charge in [-0.1, -0.05) is 18.2 Å². The van der Waals surface area contributed by atoms with Gasteiger partial charge in [0.05, 0.1) is 10.5 Å². The summed E-state index contributed by atoms with van der Waals surface area (Å²) in [6.07, 6.45) is 0.983. The summed E-state index contributed by atoms with van der Waals surface area (Å²) in [6, 6.07) is 8.73. The summed E-state index contributed by atoms with van der Waals surface area (Å²) in [5.41, 5.74) is -0.266. The second-order valence-corrected chi connectivity index (χ2v) is 8.59. The molecule has 7 heteroatoms. The fourth-order valence-corrected chi connectivity index (χ4v) is 3.64. The van der Waals surface area contributed by atoms with Crippen molar-refractivity contribution in [1.82, 2.24) is 0 Å². The van der Waals surface area contributed by atoms with Crippen molar-refractivity contribution < 1.29 is 26.7 Å². The van der Waals surface area contributed by atoms with Crippen molar-refractivity contribution in [1.29, 1.82) is 0 Å². The van der Waals surface area contributed by atoms with Gasteiger partial charge in [-0.15, -0.1) is 0 Å². The van der Waals surface area contributed by atoms with Crippen LogP contribution in [0.5, 0.6) is 0 Å². The molecule has 0 atom stereocenters. The van der Waals surface area contributed by atoms with Crippen LogP contribution in [-0.4, -0.2) is 26.2 Å². The van der Waals surface area contributed by atoms with Crippen LogP contribution in [0.1, 0.15) is 25.0 Å². The minimum absolute atomic E-state index is 0.0626. The standard InChI is InChI=1S/C19H16F2O4S/c1-19(2)17(14-9-8-13(10-15(14)21)26(3,23)24)16(18(22)25-19)11-4-6-12(20)7-5-11/h4-10H,1-3H3. The van der Waals surface area contributed by atoms with Crippen LogP contribution < -0.4 is 0 Å². The summed E-state index contributed by atoms with van der Waals surface area (Å²) in [4.78, 5) is 12.2. The Morgan fingerprint density at radius 2 is 1.62 bits per heavy atom. The van der Waals surface area contributed by atoms with E-state index in [1.165, 1.54) is 36.4 Å². The van der Waals surface area contributed by atoms with E-state index >= 15 is 0 Å². The van der Waals surface area contributed by atoms with Crippen molar-refractivity contribution in [3.8, 4) is 0 Å². The van der Waals surface area contributed by atoms with Crippen LogP contribution in [0, 0.1) is 11.6 Å². The number of halogens is 2. The smallest absolute Gasteiger partial charge is 0.340 e. The maximum atomic E-state index is 14.7. The summed E-state index contributed by atoms with van der Waals surface area (Å²) < 4.78 is 56.6. The van der Waals surface area contributed by atoms with Crippen LogP contribution in [0.15, 0.2) is 47.4 Å². The van der Waals surface area contributed by atoms with Crippen molar-refractivity contribution >= 4 is 27.0 Å². The Morgan fingerprint density at radius 3 is 2.15 bits per heavy atom. The zero-order valence-corrected chi connectivity index (χ0v) is 15.2. The molecule has 0 aliphatic carbocycles. The molecule has 0 bridgehead atoms. The largest absolute Gasteiger partial charge is 0.451 e. The molecule has 0 saturated carbocycles. The second-order valence-electron chi connectivity index (χ2n) is 6.57. The highest BCUT2D eigenvalue weighted by Gasteiger charge is 2.42. The van der Waals surface area contributed by atoms with Gasteiger partial charge < -0.3 is 4.74 Å². The molecule has 0 aromatic heterocycles. The first kappa shape index (κ1) is 18.3. The van der Waals surface area contributed by atoms with Gasteiger partial charge >= 0.3 is 5.97 Å². The lowest BCUT2D eigenvalue weighted by molar-refractivity contribution is -0.141. The van der Waals surface area contributed by atoms with Crippen LogP contribution in [-0.2, 0) is 19.4 Å². The van der Waals surface area contributed by atoms with E-state index in [4.69, 9.17) is 4.74 Å². The van der Waals surface area contributed by atoms with E-state index < -0.39 is 33.0 Å². The topological polar surface area (TPSA) is 60.4 Å². The monoisotopic (exact) mass is 378 g/mol. The van der Waals surface area contributed by atoms with E-state index in [9.17, 15) is 22.0 Å². The molecule has 0 unspecified atom stereocenters. The van der Waals surface area contributed by atoms with E-state index in [0.29, 0.717) is 5.56 Å². The Hall–Kier alpha value is -2.54. The highest BCUT2D eigenvalue weighted by molar-refractivity contribution is 7.90. The highest BCUT2D eigenvalue weighted by atomic mass is 32.2. The molecule has 0 fully saturated rings. The van der Waals surface area contributed by atoms with Gasteiger partial charge in [0, 0.05) is 17.4 Å². The first-order valence-electron chi connectivity index (χ1n) is 7.75. The van der Waals surface area contributed by atoms with Crippen molar-refractivity contribution in [3.05, 3.63) is 65.2 Å². The number of benzene rings is 2. The number of hydrogen-bond acceptors (Lipinski definition) is 4. The molecule has 0 saturated heterocycles. The quantitative estimate of drug-likeness (QED) is 0.766. The third-order valence-electron chi connectivity index (χ3n) is 4.17. The van der Waals surface area contributed by atoms with Gasteiger partial charge in [0.15, 0.2) is 9.84 Å². The molecule has 0 spiro atoms. The zero-order valence-electron chi connectivity index (χ0n) is 14.3. The first-order valence-corrected chi connectivity index (χ1v) is 9.64. The highest BCUT2D eigenvalue weighted by Crippen LogP contribution is 2.44. The molecule has 1 aliphatic rings. The number of ether oxygens (including phenoxy) is 1. The van der Waals surface area contributed by atoms with Crippen molar-refractivity contribution in [2.45, 2.75) is 24.3 Å². The molecule has 0 amide bonds. The van der Waals surface area contributed by atoms with Crippen LogP contribution in [0.4, 0.5) is 8.78 Å². The zero-order chi connectivity index (χ0) is 19.3. The van der Waals surface area contributed by atoms with Crippen molar-refractivity contribution in [2.24, 2.45) is 0 Å². The summed E-state index contributed by atoms with van der Waals surface area (Å²) in [7, 11) is -3.57. The lowest BCUT2D eigenvalue weighted by atomic mass is 9.86. The molecule has 1 aliphatic heterocycles. The van der Waals surface area contributed by atoms with Crippen molar-refractivity contribution in [2.75, 3.05) is 6.26 Å². The summed E-state index contributed by atoms with van der Waals surface area (Å²) in [5.74, 6) is -1.90. The molecular formula is C19H16F2O4S. The lowest BCUT2D eigenvalue weighted by Crippen LogP contribution is -2.23. The number of sulfone groups is 1. The second kappa shape index (κ2) is 6.02. The Labute approximate surface area is 150 Å². The van der Waals surface area contributed by atoms with Gasteiger partial charge in [-0.25, -0.2) is 22.0 Å². The van der Waals surface area contributed by atoms with E-state index in [1.54, 1.807) is 13.8 Å². The predicted molar refractivity (Wildman–Crippen MR) is 92.9 cm³/mol. The number of carbonyl (C=O) groups excluding carboxylic acids is 1. The van der Waals surface area contributed by atoms with Gasteiger partial charge in [-0.2, -0.15) is 0 Å². The molecule has 2 aromatic carbocycles. The fourth-order valence-electron chi connectivity index (χ4n) is 3.00. The average Bonchev–Trinajstić information content (AvgIpc) is 2.76. The Kier molecular flexibility index (Phi) is 4.23. The number of esters is 1. The van der Waals surface area contributed by atoms with E-state index in [2.05, 4.69) is 0 Å². The molecule has 0 radical (unpaired) electrons. The molecule has 3 rings (SSSR count). The third-order valence-corrected chi connectivity index (χ3v) is 5.29. The molecule has 4 nitrogen and oxygen atoms in total. The van der Waals surface area contributed by atoms with E-state index in [0.717, 1.165) is 12.3 Å². The Morgan fingerprint density at radius 1 is 1.00 bits per heavy atom. The minimum Gasteiger partial charge on any atom is -0.451 e. The van der Waals surface area contributed by atoms with Gasteiger partial charge in [0.1, 0.15) is 17.2 Å². The van der Waals surface area contributed by atoms with Gasteiger partial charge in [-0.3, -0.25) is 0 Å². The molecule has 26 heavy (non-hydrogen) atoms. The number of rotatable bonds is 3. The van der Waals surface area contributed by atoms with Crippen LogP contribution in [0.3, 0.4) is 0 Å². The number of carbonyl (C=O) groups is 1. The Bertz CT molecular complexity index is 1040. The van der Waals surface area contributed by atoms with Gasteiger partial charge in [-0.05, 0) is 43.7 Å². The molecular weight excluding hydrogens is 362 g/mol. The number of cyclic esters (lactones) is 1. The SMILES string of the molecule is CC1(C)OC(=O)C(c2ccc(F)cc2)=C1c1ccc(S(C)(=O)=O)cc1F. The average molecular weight is 378 g/mol. The maximum absolute atomic E-state index is 14.7. The minimum atomic E-state index is -3.57. The molecule has 136 valence electrons. The summed E-state index contributed by atoms with van der Waals surface area (Å²) in [5, 5.41) is 0. The first-order chi connectivity index (χ1) is 12.0. The van der Waals surface area contributed by atoms with E-state index in [1.807, 2.05) is 0 Å². The van der Waals surface area contributed by atoms with Crippen LogP contribution in [0.25, 0.3) is 11.1 Å².